The summed E-state index contributed by atoms with van der Waals surface area (Å²) in [6.45, 7) is 12.3. The molecule has 0 saturated heterocycles. The highest BCUT2D eigenvalue weighted by atomic mass is 32.1. The van der Waals surface area contributed by atoms with Gasteiger partial charge in [0.1, 0.15) is 5.82 Å². The Balaban J connectivity index is 2.84. The number of hydrogen-bond donors (Lipinski definition) is 2. The van der Waals surface area contributed by atoms with Gasteiger partial charge < -0.3 is 10.6 Å². The first-order valence-electron chi connectivity index (χ1n) is 6.62. The minimum atomic E-state index is -0.0289. The van der Waals surface area contributed by atoms with Crippen LogP contribution in [-0.4, -0.2) is 28.3 Å². The maximum absolute atomic E-state index is 7.36. The van der Waals surface area contributed by atoms with Crippen molar-refractivity contribution in [3.63, 3.8) is 0 Å². The van der Waals surface area contributed by atoms with E-state index in [4.69, 9.17) is 11.1 Å². The van der Waals surface area contributed by atoms with E-state index in [0.717, 1.165) is 24.0 Å². The number of nitrogens with two attached hydrogens (primary N) is 1. The molecule has 0 saturated carbocycles. The lowest BCUT2D eigenvalue weighted by Gasteiger charge is -2.23. The van der Waals surface area contributed by atoms with Crippen molar-refractivity contribution < 1.29 is 0 Å². The third-order valence-electron chi connectivity index (χ3n) is 2.59. The topological polar surface area (TPSA) is 78.9 Å². The van der Waals surface area contributed by atoms with Gasteiger partial charge in [-0.25, -0.2) is 4.98 Å². The molecule has 0 fully saturated rings. The molecular formula is C13H25N5S. The van der Waals surface area contributed by atoms with Gasteiger partial charge in [0, 0.05) is 36.5 Å². The molecule has 6 heteroatoms. The van der Waals surface area contributed by atoms with E-state index in [1.807, 2.05) is 0 Å². The van der Waals surface area contributed by atoms with Crippen LogP contribution in [-0.2, 0) is 5.41 Å². The highest BCUT2D eigenvalue weighted by Gasteiger charge is 2.22. The number of anilines is 1. The molecule has 0 amide bonds. The van der Waals surface area contributed by atoms with Gasteiger partial charge in [0.25, 0.3) is 0 Å². The summed E-state index contributed by atoms with van der Waals surface area (Å²) < 4.78 is 4.45. The Labute approximate surface area is 119 Å². The van der Waals surface area contributed by atoms with E-state index in [1.54, 1.807) is 0 Å². The zero-order chi connectivity index (χ0) is 14.6. The van der Waals surface area contributed by atoms with Crippen LogP contribution in [0.4, 0.5) is 5.13 Å². The van der Waals surface area contributed by atoms with E-state index >= 15 is 0 Å². The molecule has 1 heterocycles. The Hall–Kier alpha value is -1.17. The Kier molecular flexibility index (Phi) is 5.29. The number of rotatable bonds is 6. The van der Waals surface area contributed by atoms with Crippen LogP contribution in [0.2, 0.25) is 0 Å². The summed E-state index contributed by atoms with van der Waals surface area (Å²) >= 11 is 1.43. The first-order chi connectivity index (χ1) is 8.70. The van der Waals surface area contributed by atoms with Crippen molar-refractivity contribution in [1.82, 2.24) is 9.36 Å². The van der Waals surface area contributed by atoms with E-state index in [9.17, 15) is 0 Å². The molecule has 1 rings (SSSR count). The molecule has 1 aromatic heterocycles. The maximum Gasteiger partial charge on any atom is 0.205 e. The van der Waals surface area contributed by atoms with Crippen molar-refractivity contribution in [1.29, 1.82) is 5.41 Å². The van der Waals surface area contributed by atoms with Crippen LogP contribution < -0.4 is 10.6 Å². The summed E-state index contributed by atoms with van der Waals surface area (Å²) in [5.74, 6) is 1.63. The van der Waals surface area contributed by atoms with Crippen LogP contribution >= 0.6 is 11.5 Å². The number of nitrogens with zero attached hydrogens (tertiary/aromatic N) is 3. The Morgan fingerprint density at radius 2 is 2.05 bits per heavy atom. The molecule has 0 aliphatic rings. The largest absolute Gasteiger partial charge is 0.388 e. The lowest BCUT2D eigenvalue weighted by atomic mass is 9.96. The van der Waals surface area contributed by atoms with Gasteiger partial charge >= 0.3 is 0 Å². The van der Waals surface area contributed by atoms with E-state index in [-0.39, 0.29) is 11.3 Å². The fourth-order valence-corrected chi connectivity index (χ4v) is 2.50. The second kappa shape index (κ2) is 6.32. The van der Waals surface area contributed by atoms with Gasteiger partial charge in [-0.2, -0.15) is 4.37 Å². The van der Waals surface area contributed by atoms with Gasteiger partial charge in [0.05, 0.1) is 5.84 Å². The standard InChI is InChI=1S/C13H25N5S/c1-9(2)8-18(7-6-10(14)15)12-16-11(17-19-12)13(3,4)5/h9H,6-8H2,1-5H3,(H3,14,15). The van der Waals surface area contributed by atoms with Crippen LogP contribution in [0.25, 0.3) is 0 Å². The highest BCUT2D eigenvalue weighted by molar-refractivity contribution is 7.09. The lowest BCUT2D eigenvalue weighted by Crippen LogP contribution is -2.31. The Morgan fingerprint density at radius 3 is 2.47 bits per heavy atom. The van der Waals surface area contributed by atoms with Crippen LogP contribution in [0, 0.1) is 11.3 Å². The minimum Gasteiger partial charge on any atom is -0.388 e. The number of nitrogens with one attached hydrogen (secondary N) is 1. The van der Waals surface area contributed by atoms with Crippen LogP contribution in [0.3, 0.4) is 0 Å². The third-order valence-corrected chi connectivity index (χ3v) is 3.37. The molecule has 108 valence electrons. The molecule has 1 aromatic rings. The third kappa shape index (κ3) is 5.14. The predicted molar refractivity (Wildman–Crippen MR) is 82.2 cm³/mol. The van der Waals surface area contributed by atoms with Gasteiger partial charge in [-0.1, -0.05) is 34.6 Å². The van der Waals surface area contributed by atoms with E-state index in [1.165, 1.54) is 11.5 Å². The molecule has 0 aliphatic heterocycles. The first kappa shape index (κ1) is 15.9. The van der Waals surface area contributed by atoms with Gasteiger partial charge in [-0.15, -0.1) is 0 Å². The van der Waals surface area contributed by atoms with Gasteiger partial charge in [-0.05, 0) is 5.92 Å². The second-order valence-corrected chi connectivity index (χ2v) is 7.00. The predicted octanol–water partition coefficient (Wildman–Crippen LogP) is 2.62. The normalized spacial score (nSPS) is 11.9. The summed E-state index contributed by atoms with van der Waals surface area (Å²) in [6, 6.07) is 0. The highest BCUT2D eigenvalue weighted by Crippen LogP contribution is 2.25. The number of aromatic nitrogens is 2. The second-order valence-electron chi connectivity index (χ2n) is 6.27. The maximum atomic E-state index is 7.36. The van der Waals surface area contributed by atoms with E-state index < -0.39 is 0 Å². The Morgan fingerprint density at radius 1 is 1.42 bits per heavy atom. The lowest BCUT2D eigenvalue weighted by molar-refractivity contribution is 0.552. The minimum absolute atomic E-state index is 0.0289. The molecular weight excluding hydrogens is 258 g/mol. The SMILES string of the molecule is CC(C)CN(CCC(=N)N)c1nc(C(C)(C)C)ns1. The van der Waals surface area contributed by atoms with Crippen LogP contribution in [0.15, 0.2) is 0 Å². The van der Waals surface area contributed by atoms with E-state index in [0.29, 0.717) is 12.3 Å². The van der Waals surface area contributed by atoms with Crippen molar-refractivity contribution in [3.05, 3.63) is 5.82 Å². The smallest absolute Gasteiger partial charge is 0.205 e. The average Bonchev–Trinajstić information content (AvgIpc) is 2.71. The molecule has 0 spiro atoms. The molecule has 5 nitrogen and oxygen atoms in total. The molecule has 0 unspecified atom stereocenters. The van der Waals surface area contributed by atoms with Crippen molar-refractivity contribution in [2.75, 3.05) is 18.0 Å². The molecule has 0 atom stereocenters. The molecule has 19 heavy (non-hydrogen) atoms. The summed E-state index contributed by atoms with van der Waals surface area (Å²) in [5.41, 5.74) is 5.42. The summed E-state index contributed by atoms with van der Waals surface area (Å²) in [4.78, 5) is 6.81. The summed E-state index contributed by atoms with van der Waals surface area (Å²) in [5, 5.41) is 8.29. The zero-order valence-electron chi connectivity index (χ0n) is 12.5. The van der Waals surface area contributed by atoms with Crippen molar-refractivity contribution in [2.45, 2.75) is 46.5 Å². The van der Waals surface area contributed by atoms with Crippen LogP contribution in [0.5, 0.6) is 0 Å². The van der Waals surface area contributed by atoms with Gasteiger partial charge in [0.2, 0.25) is 5.13 Å². The van der Waals surface area contributed by atoms with Crippen molar-refractivity contribution in [2.24, 2.45) is 11.7 Å². The fraction of sp³-hybridized carbons (Fsp3) is 0.769. The Bertz CT molecular complexity index is 419. The van der Waals surface area contributed by atoms with Crippen molar-refractivity contribution >= 4 is 22.5 Å². The summed E-state index contributed by atoms with van der Waals surface area (Å²) in [7, 11) is 0. The average molecular weight is 283 g/mol. The van der Waals surface area contributed by atoms with Crippen molar-refractivity contribution in [3.8, 4) is 0 Å². The zero-order valence-corrected chi connectivity index (χ0v) is 13.3. The van der Waals surface area contributed by atoms with Crippen LogP contribution in [0.1, 0.15) is 46.9 Å². The molecule has 0 aromatic carbocycles. The molecule has 0 bridgehead atoms. The number of hydrogen-bond acceptors (Lipinski definition) is 5. The quantitative estimate of drug-likeness (QED) is 0.621. The molecule has 0 radical (unpaired) electrons. The van der Waals surface area contributed by atoms with E-state index in [2.05, 4.69) is 48.9 Å². The summed E-state index contributed by atoms with van der Waals surface area (Å²) in [6.07, 6.45) is 0.567. The molecule has 3 N–H and O–H groups in total. The monoisotopic (exact) mass is 283 g/mol. The fourth-order valence-electron chi connectivity index (χ4n) is 1.61. The molecule has 0 aliphatic carbocycles. The van der Waals surface area contributed by atoms with Gasteiger partial charge in [0.15, 0.2) is 0 Å². The first-order valence-corrected chi connectivity index (χ1v) is 7.39. The van der Waals surface area contributed by atoms with Gasteiger partial charge in [-0.3, -0.25) is 5.41 Å². The number of amidine groups is 1.